The predicted molar refractivity (Wildman–Crippen MR) is 618 cm³/mol. The van der Waals surface area contributed by atoms with Gasteiger partial charge >= 0.3 is 24.2 Å². The maximum absolute atomic E-state index is 13.3. The summed E-state index contributed by atoms with van der Waals surface area (Å²) in [7, 11) is 1.98. The van der Waals surface area contributed by atoms with Crippen LogP contribution in [0.5, 0.6) is 5.75 Å². The largest absolute Gasteiger partial charge is 0.444 e. The number of alkyl halides is 2. The van der Waals surface area contributed by atoms with Crippen LogP contribution in [0.4, 0.5) is 24.9 Å². The van der Waals surface area contributed by atoms with Crippen molar-refractivity contribution in [3.8, 4) is 5.75 Å². The topological polar surface area (TPSA) is 277 Å². The lowest BCUT2D eigenvalue weighted by atomic mass is 9.84. The highest BCUT2D eigenvalue weighted by molar-refractivity contribution is 7.59. The molecule has 7 fully saturated rings. The van der Waals surface area contributed by atoms with Crippen LogP contribution in [-0.2, 0) is 42.6 Å². The van der Waals surface area contributed by atoms with E-state index in [9.17, 15) is 29.3 Å². The number of nitro benzene ring substituents is 1. The first-order valence-electron chi connectivity index (χ1n) is 58.1. The van der Waals surface area contributed by atoms with Crippen LogP contribution < -0.4 is 31.3 Å². The highest BCUT2D eigenvalue weighted by Crippen LogP contribution is 2.40. The van der Waals surface area contributed by atoms with Crippen molar-refractivity contribution in [1.82, 2.24) is 46.2 Å². The molecule has 5 aromatic rings. The molecule has 0 radical (unpaired) electrons. The number of halogens is 2. The lowest BCUT2D eigenvalue weighted by Gasteiger charge is -2.38. The van der Waals surface area contributed by atoms with Crippen LogP contribution in [0.2, 0.25) is 0 Å². The number of hydrogen-bond acceptors (Lipinski definition) is 19. The normalized spacial score (nSPS) is 19.0. The minimum atomic E-state index is -0.488. The predicted octanol–water partition coefficient (Wildman–Crippen LogP) is 27.6. The molecule has 5 N–H and O–H groups in total. The zero-order chi connectivity index (χ0) is 108. The molecule has 0 unspecified atom stereocenters. The molecule has 0 bridgehead atoms. The number of urea groups is 2. The van der Waals surface area contributed by atoms with Crippen LogP contribution in [-0.4, -0.2) is 243 Å². The number of non-ortho nitro benzene ring substituents is 1. The highest BCUT2D eigenvalue weighted by Gasteiger charge is 2.38. The summed E-state index contributed by atoms with van der Waals surface area (Å²) in [5.74, 6) is 3.99. The van der Waals surface area contributed by atoms with Crippen LogP contribution in [0, 0.1) is 51.5 Å². The number of nitro groups is 1. The third-order valence-electron chi connectivity index (χ3n) is 29.2. The second-order valence-corrected chi connectivity index (χ2v) is 42.8. The molecular formula is C121H202Cl2N10O16S. The summed E-state index contributed by atoms with van der Waals surface area (Å²) in [6.45, 7) is 44.6. The molecule has 0 aromatic heterocycles. The van der Waals surface area contributed by atoms with E-state index in [-0.39, 0.29) is 85.1 Å². The Balaban J connectivity index is 0.000000324. The molecule has 150 heavy (non-hydrogen) atoms. The second kappa shape index (κ2) is 83.4. The molecule has 4 saturated heterocycles. The van der Waals surface area contributed by atoms with Crippen LogP contribution in [0.3, 0.4) is 0 Å². The summed E-state index contributed by atoms with van der Waals surface area (Å²) in [4.78, 5) is 69.6. The fraction of sp³-hybridized carbons (Fsp3) is 0.719. The van der Waals surface area contributed by atoms with Crippen molar-refractivity contribution >= 4 is 66.6 Å². The van der Waals surface area contributed by atoms with Crippen molar-refractivity contribution in [2.45, 2.75) is 350 Å². The van der Waals surface area contributed by atoms with Crippen LogP contribution >= 0.6 is 36.7 Å². The minimum Gasteiger partial charge on any atom is -0.444 e. The van der Waals surface area contributed by atoms with Gasteiger partial charge in [0.1, 0.15) is 11.4 Å². The molecular weight excluding hydrogens is 1950 g/mol. The van der Waals surface area contributed by atoms with E-state index >= 15 is 0 Å². The van der Waals surface area contributed by atoms with Crippen molar-refractivity contribution in [2.75, 3.05) is 170 Å². The molecule has 5 aromatic carbocycles. The maximum Gasteiger partial charge on any atom is 0.412 e. The number of piperidine rings is 4. The van der Waals surface area contributed by atoms with Crippen molar-refractivity contribution in [3.05, 3.63) is 178 Å². The molecule has 852 valence electrons. The van der Waals surface area contributed by atoms with E-state index < -0.39 is 16.6 Å². The number of likely N-dealkylation sites (N-methyl/N-ethyl adjacent to an activating group) is 1. The number of amides is 6. The minimum absolute atomic E-state index is 0. The quantitative estimate of drug-likeness (QED) is 0.0105. The van der Waals surface area contributed by atoms with E-state index in [2.05, 4.69) is 168 Å². The number of carbonyl (C=O) groups is 4. The number of carbonyl (C=O) groups excluding carboxylic acids is 4. The molecule has 4 heterocycles. The third-order valence-corrected chi connectivity index (χ3v) is 29.2. The van der Waals surface area contributed by atoms with Gasteiger partial charge in [-0.3, -0.25) is 10.1 Å². The Morgan fingerprint density at radius 3 is 1.07 bits per heavy atom. The lowest BCUT2D eigenvalue weighted by molar-refractivity contribution is -0.384. The highest BCUT2D eigenvalue weighted by atomic mass is 35.5. The van der Waals surface area contributed by atoms with Crippen molar-refractivity contribution < 1.29 is 71.5 Å². The van der Waals surface area contributed by atoms with Gasteiger partial charge in [-0.05, 0) is 243 Å². The molecule has 29 heteroatoms. The summed E-state index contributed by atoms with van der Waals surface area (Å²) in [6, 6.07) is 48.4. The Bertz CT molecular complexity index is 4010. The van der Waals surface area contributed by atoms with Crippen LogP contribution in [0.15, 0.2) is 146 Å². The number of benzene rings is 5. The van der Waals surface area contributed by atoms with E-state index in [1.165, 1.54) is 175 Å². The zero-order valence-electron chi connectivity index (χ0n) is 94.7. The van der Waals surface area contributed by atoms with Crippen molar-refractivity contribution in [2.24, 2.45) is 41.4 Å². The second-order valence-electron chi connectivity index (χ2n) is 42.0. The monoisotopic (exact) mass is 2150 g/mol. The van der Waals surface area contributed by atoms with Crippen LogP contribution in [0.25, 0.3) is 0 Å². The van der Waals surface area contributed by atoms with E-state index in [0.717, 1.165) is 226 Å². The molecule has 4 aliphatic heterocycles. The average Bonchev–Trinajstić information content (AvgIpc) is 0.832. The third kappa shape index (κ3) is 56.6. The SMILES string of the molecule is CCC[C@H](CC1CCCCC1)NC(=O)N1CCC[C@@H]([C@@H](OCCCOCC)c2ccccc2)C1.CCC[C@H](CC1CCCCC1)NC(=O)Oc1ccc([N+](=O)[O-])cc1.CCN(CC)CC.CCOCCCO[C@@H](c1ccccc1)[C@@H]1CCCN(C(=O)N[C@H](CNC)CC2CCCCC2)C1.CCOCCCO[C@@H](c1ccccc1)[C@@H]1CCCN(C(=O)OC(C)(C)C)C1.CCOCCCO[C@@H](c1ccccc1)[C@@H]1CCCNC1.ClCCl.S. The first-order valence-corrected chi connectivity index (χ1v) is 59.1. The smallest absolute Gasteiger partial charge is 0.412 e. The van der Waals surface area contributed by atoms with Gasteiger partial charge in [-0.1, -0.05) is 265 Å². The van der Waals surface area contributed by atoms with Gasteiger partial charge in [0.15, 0.2) is 0 Å². The first kappa shape index (κ1) is 134. The number of ether oxygens (including phenoxy) is 10. The summed E-state index contributed by atoms with van der Waals surface area (Å²) in [5.41, 5.74) is 4.40. The number of likely N-dealkylation sites (tertiary alicyclic amines) is 3. The number of nitrogens with zero attached hydrogens (tertiary/aromatic N) is 5. The van der Waals surface area contributed by atoms with Gasteiger partial charge in [0.2, 0.25) is 0 Å². The summed E-state index contributed by atoms with van der Waals surface area (Å²) < 4.78 is 57.9. The van der Waals surface area contributed by atoms with Gasteiger partial charge in [0, 0.05) is 186 Å². The standard InChI is InChI=1S/C29H48N2O3.C28H47N3O3.C22H35NO4.C18H26N2O4.C17H27NO2.C6H15N.CH2Cl2.H2S/c1-3-13-27(22-24-14-7-5-8-15-24)30-29(32)31-19-11-18-26(23-31)28(25-16-9-6-10-17-25)34-21-12-20-33-4-2;1-3-33-18-11-19-34-27(24-14-8-5-9-15-24)25-16-10-17-31(22-25)28(32)30-26(21-29-2)20-23-12-6-4-7-13-23;1-5-25-15-10-16-26-20(18-11-7-6-8-12-18)19-13-9-14-23(17-19)21(24)27-22(2,3)4;1-2-6-15(13-14-7-4-3-5-8-14)19-18(21)24-17-11-9-16(10-12-17)20(22)23;1-2-19-12-7-13-20-17(15-8-4-3-5-9-15)16-10-6-11-18-14-16;1-4-7(5-2)6-3;2-1-3;/h6,9-10,16-17,24,26-28H,3-5,7-8,11-15,18-23H2,1-2H3,(H,30,32);5,8-9,14-15,23,25-27,29H,3-4,6-7,10-13,16-22H2,1-2H3,(H,30,32);6-8,11-12,19-20H,5,9-10,13-17H2,1-4H3;9-12,14-15H,2-8,13H2,1H3,(H,19,21);3-5,8-9,16-18H,2,6-7,10-14H2,1H3;4-6H2,1-3H3;1H2;1H2/t26-,27-,28+;25-,26+,27+;19-,20+;15-;16-,17+;;;/m11111.../s1. The van der Waals surface area contributed by atoms with Gasteiger partial charge in [0.05, 0.1) is 34.7 Å². The lowest BCUT2D eigenvalue weighted by Crippen LogP contribution is -2.52. The maximum atomic E-state index is 13.3. The summed E-state index contributed by atoms with van der Waals surface area (Å²) in [6.07, 6.45) is 39.1. The number of rotatable bonds is 52. The summed E-state index contributed by atoms with van der Waals surface area (Å²) >= 11 is 9.53. The number of nitrogens with one attached hydrogen (secondary N) is 5. The van der Waals surface area contributed by atoms with E-state index in [1.807, 2.05) is 89.6 Å². The molecule has 3 aliphatic carbocycles. The Kier molecular flexibility index (Phi) is 74.3. The van der Waals surface area contributed by atoms with Gasteiger partial charge in [-0.2, -0.15) is 13.5 Å². The molecule has 0 spiro atoms. The zero-order valence-corrected chi connectivity index (χ0v) is 97.2. The molecule has 11 atom stereocenters. The van der Waals surface area contributed by atoms with E-state index in [0.29, 0.717) is 68.4 Å². The molecule has 12 rings (SSSR count). The van der Waals surface area contributed by atoms with E-state index in [1.54, 1.807) is 0 Å². The molecule has 26 nitrogen and oxygen atoms in total. The van der Waals surface area contributed by atoms with Gasteiger partial charge in [-0.25, -0.2) is 19.2 Å². The van der Waals surface area contributed by atoms with Gasteiger partial charge in [-0.15, -0.1) is 23.2 Å². The summed E-state index contributed by atoms with van der Waals surface area (Å²) in [5, 5.41) is 27.4. The first-order chi connectivity index (χ1) is 72.6. The fourth-order valence-electron chi connectivity index (χ4n) is 21.7. The number of hydrogen-bond donors (Lipinski definition) is 5. The fourth-order valence-corrected chi connectivity index (χ4v) is 21.7. The van der Waals surface area contributed by atoms with Crippen LogP contribution in [0.1, 0.15) is 348 Å². The molecule has 6 amide bonds. The van der Waals surface area contributed by atoms with Crippen molar-refractivity contribution in [1.29, 1.82) is 0 Å². The Hall–Kier alpha value is -6.93. The van der Waals surface area contributed by atoms with Crippen molar-refractivity contribution in [3.63, 3.8) is 0 Å². The van der Waals surface area contributed by atoms with Gasteiger partial charge < -0.3 is 93.6 Å². The van der Waals surface area contributed by atoms with E-state index in [4.69, 9.17) is 70.6 Å². The Morgan fingerprint density at radius 1 is 0.427 bits per heavy atom. The Morgan fingerprint density at radius 2 is 0.753 bits per heavy atom. The average molecular weight is 2160 g/mol. The Labute approximate surface area is 923 Å². The van der Waals surface area contributed by atoms with Gasteiger partial charge in [0.25, 0.3) is 5.69 Å². The molecule has 3 saturated carbocycles. The molecule has 7 aliphatic rings.